The third-order valence-electron chi connectivity index (χ3n) is 4.01. The number of primary amides is 1. The number of alkyl halides is 2. The van der Waals surface area contributed by atoms with Crippen LogP contribution in [0.5, 0.6) is 5.88 Å². The molecule has 2 aromatic rings. The van der Waals surface area contributed by atoms with Gasteiger partial charge in [-0.25, -0.2) is 9.78 Å². The second-order valence-electron chi connectivity index (χ2n) is 5.79. The molecule has 3 N–H and O–H groups in total. The monoisotopic (exact) mass is 396 g/mol. The molecule has 2 heterocycles. The van der Waals surface area contributed by atoms with Gasteiger partial charge in [0.2, 0.25) is 11.8 Å². The molecular weight excluding hydrogens is 382 g/mol. The standard InChI is InChI=1S/C17H15ClF2N4O3/c18-10-6-4-9(5-7-10)14(24-8-12(15(21)25)23-17(24)26)11-2-1-3-13(22-11)27-16(19)20/h1-7,12,14,16H,8H2,(H2,21,25)(H,23,26)/t12?,14-/m1/s1. The van der Waals surface area contributed by atoms with Crippen molar-refractivity contribution in [2.24, 2.45) is 5.73 Å². The fraction of sp³-hybridized carbons (Fsp3) is 0.235. The molecule has 0 bridgehead atoms. The highest BCUT2D eigenvalue weighted by atomic mass is 35.5. The molecule has 142 valence electrons. The van der Waals surface area contributed by atoms with Crippen molar-refractivity contribution in [3.05, 3.63) is 58.7 Å². The third kappa shape index (κ3) is 4.25. The molecule has 1 fully saturated rings. The Kier molecular flexibility index (Phi) is 5.41. The summed E-state index contributed by atoms with van der Waals surface area (Å²) in [6.45, 7) is -3.03. The highest BCUT2D eigenvalue weighted by Gasteiger charge is 2.38. The lowest BCUT2D eigenvalue weighted by molar-refractivity contribution is -0.119. The number of hydrogen-bond acceptors (Lipinski definition) is 4. The zero-order chi connectivity index (χ0) is 19.6. The van der Waals surface area contributed by atoms with E-state index < -0.39 is 30.6 Å². The normalized spacial score (nSPS) is 17.7. The Bertz CT molecular complexity index is 850. The van der Waals surface area contributed by atoms with Crippen molar-refractivity contribution in [3.8, 4) is 5.88 Å². The predicted molar refractivity (Wildman–Crippen MR) is 92.4 cm³/mol. The second-order valence-corrected chi connectivity index (χ2v) is 6.23. The largest absolute Gasteiger partial charge is 0.417 e. The molecule has 1 unspecified atom stereocenters. The zero-order valence-corrected chi connectivity index (χ0v) is 14.6. The fourth-order valence-corrected chi connectivity index (χ4v) is 2.96. The van der Waals surface area contributed by atoms with Gasteiger partial charge < -0.3 is 20.7 Å². The van der Waals surface area contributed by atoms with Gasteiger partial charge in [0, 0.05) is 11.1 Å². The highest BCUT2D eigenvalue weighted by molar-refractivity contribution is 6.30. The van der Waals surface area contributed by atoms with Crippen molar-refractivity contribution in [2.75, 3.05) is 6.54 Å². The summed E-state index contributed by atoms with van der Waals surface area (Å²) in [5.74, 6) is -0.962. The molecule has 3 rings (SSSR count). The van der Waals surface area contributed by atoms with Crippen LogP contribution in [0.3, 0.4) is 0 Å². The number of aromatic nitrogens is 1. The number of halogens is 3. The summed E-state index contributed by atoms with van der Waals surface area (Å²) >= 11 is 5.92. The van der Waals surface area contributed by atoms with Gasteiger partial charge in [-0.3, -0.25) is 4.79 Å². The number of hydrogen-bond donors (Lipinski definition) is 2. The first-order valence-corrected chi connectivity index (χ1v) is 8.26. The highest BCUT2D eigenvalue weighted by Crippen LogP contribution is 2.31. The van der Waals surface area contributed by atoms with E-state index >= 15 is 0 Å². The van der Waals surface area contributed by atoms with Crippen LogP contribution >= 0.6 is 11.6 Å². The minimum absolute atomic E-state index is 0.00305. The number of nitrogens with zero attached hydrogens (tertiary/aromatic N) is 2. The van der Waals surface area contributed by atoms with Gasteiger partial charge in [-0.05, 0) is 23.8 Å². The van der Waals surface area contributed by atoms with Crippen LogP contribution in [0.1, 0.15) is 17.3 Å². The quantitative estimate of drug-likeness (QED) is 0.782. The number of nitrogens with two attached hydrogens (primary N) is 1. The molecule has 0 spiro atoms. The SMILES string of the molecule is NC(=O)C1CN([C@H](c2ccc(Cl)cc2)c2cccc(OC(F)F)n2)C(=O)N1. The maximum absolute atomic E-state index is 12.5. The summed E-state index contributed by atoms with van der Waals surface area (Å²) in [4.78, 5) is 29.3. The summed E-state index contributed by atoms with van der Waals surface area (Å²) < 4.78 is 29.4. The van der Waals surface area contributed by atoms with E-state index in [1.807, 2.05) is 0 Å². The van der Waals surface area contributed by atoms with Gasteiger partial charge in [-0.15, -0.1) is 0 Å². The lowest BCUT2D eigenvalue weighted by Crippen LogP contribution is -2.39. The van der Waals surface area contributed by atoms with Gasteiger partial charge in [0.05, 0.1) is 12.2 Å². The molecule has 27 heavy (non-hydrogen) atoms. The zero-order valence-electron chi connectivity index (χ0n) is 13.8. The van der Waals surface area contributed by atoms with Crippen LogP contribution in [0.2, 0.25) is 5.02 Å². The molecule has 7 nitrogen and oxygen atoms in total. The van der Waals surface area contributed by atoms with Crippen LogP contribution in [0.15, 0.2) is 42.5 Å². The number of ether oxygens (including phenoxy) is 1. The summed E-state index contributed by atoms with van der Waals surface area (Å²) in [7, 11) is 0. The Labute approximate surface area is 158 Å². The van der Waals surface area contributed by atoms with E-state index in [9.17, 15) is 18.4 Å². The van der Waals surface area contributed by atoms with Crippen LogP contribution in [0.4, 0.5) is 13.6 Å². The van der Waals surface area contributed by atoms with Crippen molar-refractivity contribution in [1.82, 2.24) is 15.2 Å². The number of benzene rings is 1. The topological polar surface area (TPSA) is 97.6 Å². The molecule has 2 atom stereocenters. The van der Waals surface area contributed by atoms with E-state index in [1.54, 1.807) is 30.3 Å². The van der Waals surface area contributed by atoms with E-state index in [4.69, 9.17) is 17.3 Å². The van der Waals surface area contributed by atoms with Crippen LogP contribution in [-0.4, -0.2) is 41.0 Å². The van der Waals surface area contributed by atoms with Gasteiger partial charge in [-0.1, -0.05) is 29.8 Å². The molecule has 1 saturated heterocycles. The Morgan fingerprint density at radius 3 is 2.59 bits per heavy atom. The second kappa shape index (κ2) is 7.75. The third-order valence-corrected chi connectivity index (χ3v) is 4.27. The lowest BCUT2D eigenvalue weighted by Gasteiger charge is -2.27. The van der Waals surface area contributed by atoms with Crippen molar-refractivity contribution in [3.63, 3.8) is 0 Å². The fourth-order valence-electron chi connectivity index (χ4n) is 2.84. The van der Waals surface area contributed by atoms with Crippen LogP contribution < -0.4 is 15.8 Å². The summed E-state index contributed by atoms with van der Waals surface area (Å²) in [5.41, 5.74) is 6.20. The molecule has 0 aliphatic carbocycles. The number of carbonyl (C=O) groups excluding carboxylic acids is 2. The van der Waals surface area contributed by atoms with Crippen LogP contribution in [0.25, 0.3) is 0 Å². The molecule has 1 aromatic carbocycles. The molecule has 0 saturated carbocycles. The van der Waals surface area contributed by atoms with Gasteiger partial charge in [0.25, 0.3) is 0 Å². The predicted octanol–water partition coefficient (Wildman–Crippen LogP) is 2.30. The maximum Gasteiger partial charge on any atom is 0.388 e. The molecule has 10 heteroatoms. The first-order valence-electron chi connectivity index (χ1n) is 7.89. The number of amides is 3. The van der Waals surface area contributed by atoms with Gasteiger partial charge in [-0.2, -0.15) is 8.78 Å². The minimum atomic E-state index is -3.03. The number of carbonyl (C=O) groups is 2. The summed E-state index contributed by atoms with van der Waals surface area (Å²) in [5, 5.41) is 2.98. The Morgan fingerprint density at radius 2 is 2.00 bits per heavy atom. The first-order chi connectivity index (χ1) is 12.8. The van der Waals surface area contributed by atoms with E-state index in [0.29, 0.717) is 10.6 Å². The van der Waals surface area contributed by atoms with Gasteiger partial charge >= 0.3 is 12.6 Å². The van der Waals surface area contributed by atoms with Crippen LogP contribution in [0, 0.1) is 0 Å². The van der Waals surface area contributed by atoms with E-state index in [0.717, 1.165) is 0 Å². The molecule has 1 aliphatic rings. The number of urea groups is 1. The van der Waals surface area contributed by atoms with Crippen molar-refractivity contribution in [2.45, 2.75) is 18.7 Å². The number of nitrogens with one attached hydrogen (secondary N) is 1. The van der Waals surface area contributed by atoms with Gasteiger partial charge in [0.15, 0.2) is 0 Å². The molecule has 3 amide bonds. The van der Waals surface area contributed by atoms with Crippen molar-refractivity contribution < 1.29 is 23.1 Å². The molecule has 1 aromatic heterocycles. The Morgan fingerprint density at radius 1 is 1.30 bits per heavy atom. The summed E-state index contributed by atoms with van der Waals surface area (Å²) in [6.07, 6.45) is 0. The Hall–Kier alpha value is -2.94. The molecular formula is C17H15ClF2N4O3. The lowest BCUT2D eigenvalue weighted by atomic mass is 10.0. The average molecular weight is 397 g/mol. The van der Waals surface area contributed by atoms with E-state index in [2.05, 4.69) is 15.0 Å². The average Bonchev–Trinajstić information content (AvgIpc) is 2.99. The maximum atomic E-state index is 12.5. The van der Waals surface area contributed by atoms with Crippen molar-refractivity contribution >= 4 is 23.5 Å². The number of pyridine rings is 1. The van der Waals surface area contributed by atoms with Crippen LogP contribution in [-0.2, 0) is 4.79 Å². The number of rotatable bonds is 6. The van der Waals surface area contributed by atoms with Crippen molar-refractivity contribution in [1.29, 1.82) is 0 Å². The van der Waals surface area contributed by atoms with E-state index in [-0.39, 0.29) is 18.1 Å². The summed E-state index contributed by atoms with van der Waals surface area (Å²) in [6, 6.07) is 8.81. The first kappa shape index (κ1) is 18.8. The van der Waals surface area contributed by atoms with Gasteiger partial charge in [0.1, 0.15) is 12.1 Å². The van der Waals surface area contributed by atoms with E-state index in [1.165, 1.54) is 17.0 Å². The Balaban J connectivity index is 2.02. The molecule has 0 radical (unpaired) electrons. The minimum Gasteiger partial charge on any atom is -0.417 e. The smallest absolute Gasteiger partial charge is 0.388 e. The molecule has 1 aliphatic heterocycles.